The summed E-state index contributed by atoms with van der Waals surface area (Å²) in [5, 5.41) is 14.0. The minimum atomic E-state index is -1.02. The number of nitrogens with one attached hydrogen (secondary N) is 1. The highest BCUT2D eigenvalue weighted by molar-refractivity contribution is 7.18. The highest BCUT2D eigenvalue weighted by Crippen LogP contribution is 2.35. The smallest absolute Gasteiger partial charge is 0.185 e. The number of aromatic nitrogens is 2. The quantitative estimate of drug-likeness (QED) is 0.506. The number of anilines is 2. The standard InChI is InChI=1S/C26H30N4O2S/c1-26(2,31)11-10-19-8-7-9-20(14-19)18-32-22-15-21(16-28-24(22)27-3)23-17-29-25(33-23)30-12-5-4-6-13-30/h7-9,14-17,31H,4-6,12-13,18H2,1-3H3,(H,27,28). The molecule has 0 amide bonds. The van der Waals surface area contributed by atoms with Gasteiger partial charge in [0.05, 0.1) is 4.88 Å². The van der Waals surface area contributed by atoms with Crippen LogP contribution in [0.2, 0.25) is 0 Å². The molecule has 6 nitrogen and oxygen atoms in total. The van der Waals surface area contributed by atoms with Gasteiger partial charge in [0, 0.05) is 43.7 Å². The van der Waals surface area contributed by atoms with Gasteiger partial charge in [-0.25, -0.2) is 9.97 Å². The minimum absolute atomic E-state index is 0.388. The van der Waals surface area contributed by atoms with Crippen LogP contribution in [0.15, 0.2) is 42.7 Å². The van der Waals surface area contributed by atoms with Gasteiger partial charge in [-0.3, -0.25) is 0 Å². The molecule has 1 aromatic carbocycles. The topological polar surface area (TPSA) is 70.5 Å². The summed E-state index contributed by atoms with van der Waals surface area (Å²) in [5.74, 6) is 7.24. The van der Waals surface area contributed by atoms with Crippen molar-refractivity contribution in [2.45, 2.75) is 45.3 Å². The molecule has 0 atom stereocenters. The van der Waals surface area contributed by atoms with Gasteiger partial charge in [-0.1, -0.05) is 35.3 Å². The average molecular weight is 463 g/mol. The third-order valence-electron chi connectivity index (χ3n) is 5.33. The number of piperidine rings is 1. The molecule has 33 heavy (non-hydrogen) atoms. The number of rotatable bonds is 6. The summed E-state index contributed by atoms with van der Waals surface area (Å²) in [5.41, 5.74) is 1.81. The molecule has 0 radical (unpaired) electrons. The Bertz CT molecular complexity index is 1150. The Morgan fingerprint density at radius 3 is 2.73 bits per heavy atom. The second-order valence-electron chi connectivity index (χ2n) is 8.67. The molecule has 3 aromatic rings. The first kappa shape index (κ1) is 23.1. The minimum Gasteiger partial charge on any atom is -0.485 e. The molecule has 4 rings (SSSR count). The molecule has 7 heteroatoms. The first-order valence-corrected chi connectivity index (χ1v) is 12.1. The first-order valence-electron chi connectivity index (χ1n) is 11.3. The van der Waals surface area contributed by atoms with Crippen LogP contribution >= 0.6 is 11.3 Å². The van der Waals surface area contributed by atoms with Gasteiger partial charge in [0.1, 0.15) is 12.2 Å². The molecule has 0 aliphatic carbocycles. The van der Waals surface area contributed by atoms with E-state index < -0.39 is 5.60 Å². The Balaban J connectivity index is 1.50. The van der Waals surface area contributed by atoms with Crippen LogP contribution in [0.25, 0.3) is 10.4 Å². The summed E-state index contributed by atoms with van der Waals surface area (Å²) in [7, 11) is 1.84. The fourth-order valence-electron chi connectivity index (χ4n) is 3.63. The van der Waals surface area contributed by atoms with E-state index in [1.54, 1.807) is 25.2 Å². The van der Waals surface area contributed by atoms with Gasteiger partial charge in [-0.15, -0.1) is 0 Å². The summed E-state index contributed by atoms with van der Waals surface area (Å²) in [6, 6.07) is 9.86. The van der Waals surface area contributed by atoms with Crippen LogP contribution in [0, 0.1) is 11.8 Å². The molecule has 172 valence electrons. The molecule has 3 heterocycles. The number of thiazole rings is 1. The molecule has 1 aliphatic heterocycles. The second kappa shape index (κ2) is 10.2. The molecule has 0 unspecified atom stereocenters. The molecule has 1 saturated heterocycles. The average Bonchev–Trinajstić information content (AvgIpc) is 3.32. The fourth-order valence-corrected chi connectivity index (χ4v) is 4.58. The van der Waals surface area contributed by atoms with Gasteiger partial charge in [0.15, 0.2) is 16.7 Å². The summed E-state index contributed by atoms with van der Waals surface area (Å²) in [6.45, 7) is 5.89. The van der Waals surface area contributed by atoms with Gasteiger partial charge >= 0.3 is 0 Å². The Morgan fingerprint density at radius 2 is 1.97 bits per heavy atom. The Labute approximate surface area is 199 Å². The molecule has 0 spiro atoms. The number of pyridine rings is 1. The summed E-state index contributed by atoms with van der Waals surface area (Å²) in [4.78, 5) is 12.7. The predicted molar refractivity (Wildman–Crippen MR) is 135 cm³/mol. The Kier molecular flexibility index (Phi) is 7.17. The van der Waals surface area contributed by atoms with Crippen LogP contribution in [0.4, 0.5) is 10.9 Å². The van der Waals surface area contributed by atoms with Gasteiger partial charge < -0.3 is 20.1 Å². The molecule has 0 saturated carbocycles. The van der Waals surface area contributed by atoms with E-state index in [0.717, 1.165) is 39.8 Å². The summed E-state index contributed by atoms with van der Waals surface area (Å²) >= 11 is 1.70. The van der Waals surface area contributed by atoms with E-state index in [4.69, 9.17) is 4.74 Å². The van der Waals surface area contributed by atoms with E-state index in [1.807, 2.05) is 49.8 Å². The number of ether oxygens (including phenoxy) is 1. The number of nitrogens with zero attached hydrogens (tertiary/aromatic N) is 3. The maximum Gasteiger partial charge on any atom is 0.185 e. The van der Waals surface area contributed by atoms with Crippen molar-refractivity contribution in [1.82, 2.24) is 9.97 Å². The number of benzene rings is 1. The lowest BCUT2D eigenvalue weighted by Gasteiger charge is -2.25. The zero-order valence-corrected chi connectivity index (χ0v) is 20.2. The molecule has 1 fully saturated rings. The lowest BCUT2D eigenvalue weighted by atomic mass is 10.1. The zero-order chi connectivity index (χ0) is 23.3. The van der Waals surface area contributed by atoms with Crippen molar-refractivity contribution < 1.29 is 9.84 Å². The van der Waals surface area contributed by atoms with Crippen LogP contribution in [-0.2, 0) is 6.61 Å². The van der Waals surface area contributed by atoms with Gasteiger partial charge in [-0.05, 0) is 56.9 Å². The fraction of sp³-hybridized carbons (Fsp3) is 0.385. The lowest BCUT2D eigenvalue weighted by Crippen LogP contribution is -2.29. The van der Waals surface area contributed by atoms with Crippen LogP contribution in [-0.4, -0.2) is 40.8 Å². The van der Waals surface area contributed by atoms with E-state index in [0.29, 0.717) is 18.2 Å². The van der Waals surface area contributed by atoms with Gasteiger partial charge in [-0.2, -0.15) is 0 Å². The monoisotopic (exact) mass is 462 g/mol. The Hall–Kier alpha value is -3.08. The van der Waals surface area contributed by atoms with Crippen molar-refractivity contribution >= 4 is 22.3 Å². The number of hydrogen-bond acceptors (Lipinski definition) is 7. The first-order chi connectivity index (χ1) is 15.9. The second-order valence-corrected chi connectivity index (χ2v) is 9.68. The van der Waals surface area contributed by atoms with Gasteiger partial charge in [0.25, 0.3) is 0 Å². The van der Waals surface area contributed by atoms with E-state index >= 15 is 0 Å². The third-order valence-corrected chi connectivity index (χ3v) is 6.44. The van der Waals surface area contributed by atoms with Crippen molar-refractivity contribution in [2.24, 2.45) is 0 Å². The summed E-state index contributed by atoms with van der Waals surface area (Å²) in [6.07, 6.45) is 7.56. The SMILES string of the molecule is CNc1ncc(-c2cnc(N3CCCCC3)s2)cc1OCc1cccc(C#CC(C)(C)O)c1. The highest BCUT2D eigenvalue weighted by Gasteiger charge is 2.16. The van der Waals surface area contributed by atoms with Crippen LogP contribution in [0.3, 0.4) is 0 Å². The van der Waals surface area contributed by atoms with Crippen molar-refractivity contribution in [1.29, 1.82) is 0 Å². The highest BCUT2D eigenvalue weighted by atomic mass is 32.1. The van der Waals surface area contributed by atoms with Crippen molar-refractivity contribution in [3.05, 3.63) is 53.9 Å². The van der Waals surface area contributed by atoms with Crippen LogP contribution < -0.4 is 15.0 Å². The normalized spacial score (nSPS) is 13.9. The van der Waals surface area contributed by atoms with E-state index in [9.17, 15) is 5.11 Å². The van der Waals surface area contributed by atoms with E-state index in [2.05, 4.69) is 32.0 Å². The van der Waals surface area contributed by atoms with E-state index in [-0.39, 0.29) is 0 Å². The molecular weight excluding hydrogens is 432 g/mol. The summed E-state index contributed by atoms with van der Waals surface area (Å²) < 4.78 is 6.15. The largest absolute Gasteiger partial charge is 0.485 e. The molecule has 2 aromatic heterocycles. The van der Waals surface area contributed by atoms with E-state index in [1.165, 1.54) is 19.3 Å². The molecule has 0 bridgehead atoms. The third kappa shape index (κ3) is 6.25. The van der Waals surface area contributed by atoms with Gasteiger partial charge in [0.2, 0.25) is 0 Å². The molecule has 2 N–H and O–H groups in total. The molecule has 1 aliphatic rings. The van der Waals surface area contributed by atoms with Crippen LogP contribution in [0.5, 0.6) is 5.75 Å². The maximum absolute atomic E-state index is 9.84. The van der Waals surface area contributed by atoms with Crippen LogP contribution in [0.1, 0.15) is 44.2 Å². The molecular formula is C26H30N4O2S. The number of aliphatic hydroxyl groups is 1. The van der Waals surface area contributed by atoms with Crippen molar-refractivity contribution in [3.8, 4) is 28.0 Å². The lowest BCUT2D eigenvalue weighted by molar-refractivity contribution is 0.143. The van der Waals surface area contributed by atoms with Crippen molar-refractivity contribution in [2.75, 3.05) is 30.4 Å². The maximum atomic E-state index is 9.84. The van der Waals surface area contributed by atoms with Crippen molar-refractivity contribution in [3.63, 3.8) is 0 Å². The zero-order valence-electron chi connectivity index (χ0n) is 19.4. The number of hydrogen-bond donors (Lipinski definition) is 2. The predicted octanol–water partition coefficient (Wildman–Crippen LogP) is 4.94. The Morgan fingerprint density at radius 1 is 1.15 bits per heavy atom.